The number of fused-ring (bicyclic) bond motifs is 4. The van der Waals surface area contributed by atoms with Crippen molar-refractivity contribution in [3.05, 3.63) is 22.8 Å². The summed E-state index contributed by atoms with van der Waals surface area (Å²) in [6.07, 6.45) is 4.14. The molecule has 11 atom stereocenters. The molecule has 0 aromatic carbocycles. The Balaban J connectivity index is 1.30. The highest BCUT2D eigenvalue weighted by atomic mass is 16.6. The Morgan fingerprint density at radius 3 is 2.56 bits per heavy atom. The van der Waals surface area contributed by atoms with Gasteiger partial charge in [-0.05, 0) is 82.1 Å². The Morgan fingerprint density at radius 2 is 1.89 bits per heavy atom. The summed E-state index contributed by atoms with van der Waals surface area (Å²) in [6.45, 7) is 9.79. The molecule has 1 saturated heterocycles. The number of Topliss-reactive ketones (excluding diaryl/α,β-unsaturated/α-hetero) is 1. The molecule has 1 spiro atoms. The van der Waals surface area contributed by atoms with Gasteiger partial charge in [0.25, 0.3) is 0 Å². The molecule has 6 rings (SSSR count). The number of carbonyl (C=O) groups excluding carboxylic acids is 2. The zero-order valence-corrected chi connectivity index (χ0v) is 22.3. The molecule has 4 fully saturated rings. The lowest BCUT2D eigenvalue weighted by atomic mass is 9.43. The van der Waals surface area contributed by atoms with Crippen LogP contribution >= 0.6 is 0 Å². The molecule has 198 valence electrons. The van der Waals surface area contributed by atoms with Crippen molar-refractivity contribution < 1.29 is 34.0 Å². The first-order valence-corrected chi connectivity index (χ1v) is 13.6. The number of cyclic esters (lactones) is 1. The predicted octanol–water partition coefficient (Wildman–Crippen LogP) is 3.26. The van der Waals surface area contributed by atoms with Crippen LogP contribution in [0.3, 0.4) is 0 Å². The van der Waals surface area contributed by atoms with Gasteiger partial charge in [0.15, 0.2) is 0 Å². The van der Waals surface area contributed by atoms with Crippen LogP contribution in [0.2, 0.25) is 0 Å². The van der Waals surface area contributed by atoms with E-state index in [-0.39, 0.29) is 47.4 Å². The second-order valence-electron chi connectivity index (χ2n) is 13.0. The number of allylic oxidation sites excluding steroid dienone is 1. The molecule has 2 N–H and O–H groups in total. The molecule has 0 aromatic heterocycles. The van der Waals surface area contributed by atoms with Crippen LogP contribution in [0.25, 0.3) is 0 Å². The first kappa shape index (κ1) is 24.8. The average Bonchev–Trinajstić information content (AvgIpc) is 3.45. The van der Waals surface area contributed by atoms with Gasteiger partial charge in [-0.25, -0.2) is 4.79 Å². The SMILES string of the molecule is COC1CC(=O)[C@]2(C)[C@H]3CC[C@]4(C)C([C@@](C)(O)[C@H]5CC(C)=C(C)C(=O)O5)=CC[C@H]4[C@@H]3C[C@H]3O[C@]32[C@H]1O. The molecule has 7 heteroatoms. The van der Waals surface area contributed by atoms with Gasteiger partial charge in [0.05, 0.1) is 17.6 Å². The third kappa shape index (κ3) is 2.78. The quantitative estimate of drug-likeness (QED) is 0.348. The van der Waals surface area contributed by atoms with E-state index in [4.69, 9.17) is 14.2 Å². The van der Waals surface area contributed by atoms with Crippen molar-refractivity contribution in [2.45, 2.75) is 109 Å². The number of ether oxygens (including phenoxy) is 3. The molecule has 3 saturated carbocycles. The molecule has 2 heterocycles. The molecule has 0 bridgehead atoms. The van der Waals surface area contributed by atoms with E-state index in [0.717, 1.165) is 36.8 Å². The Hall–Kier alpha value is -1.54. The number of rotatable bonds is 3. The summed E-state index contributed by atoms with van der Waals surface area (Å²) in [5.74, 6) is 0.434. The monoisotopic (exact) mass is 500 g/mol. The highest BCUT2D eigenvalue weighted by Gasteiger charge is 2.82. The van der Waals surface area contributed by atoms with Crippen LogP contribution in [-0.4, -0.2) is 64.7 Å². The van der Waals surface area contributed by atoms with Gasteiger partial charge in [-0.1, -0.05) is 18.6 Å². The summed E-state index contributed by atoms with van der Waals surface area (Å²) in [5.41, 5.74) is -0.530. The fraction of sp³-hybridized carbons (Fsp3) is 0.793. The molecular weight excluding hydrogens is 460 g/mol. The van der Waals surface area contributed by atoms with Gasteiger partial charge in [-0.3, -0.25) is 4.79 Å². The lowest BCUT2D eigenvalue weighted by molar-refractivity contribution is -0.182. The summed E-state index contributed by atoms with van der Waals surface area (Å²) in [6, 6.07) is 0. The van der Waals surface area contributed by atoms with E-state index in [0.29, 0.717) is 12.0 Å². The number of methoxy groups -OCH3 is 1. The predicted molar refractivity (Wildman–Crippen MR) is 131 cm³/mol. The number of aliphatic hydroxyl groups excluding tert-OH is 1. The number of hydrogen-bond donors (Lipinski definition) is 2. The van der Waals surface area contributed by atoms with E-state index < -0.39 is 34.9 Å². The van der Waals surface area contributed by atoms with E-state index in [1.807, 2.05) is 13.8 Å². The summed E-state index contributed by atoms with van der Waals surface area (Å²) < 4.78 is 17.5. The second kappa shape index (κ2) is 7.52. The largest absolute Gasteiger partial charge is 0.455 e. The number of ketones is 1. The van der Waals surface area contributed by atoms with Crippen LogP contribution in [0, 0.1) is 28.6 Å². The van der Waals surface area contributed by atoms with E-state index >= 15 is 0 Å². The van der Waals surface area contributed by atoms with Crippen molar-refractivity contribution in [2.75, 3.05) is 7.11 Å². The third-order valence-electron chi connectivity index (χ3n) is 11.7. The molecule has 4 aliphatic carbocycles. The second-order valence-corrected chi connectivity index (χ2v) is 13.0. The van der Waals surface area contributed by atoms with Crippen LogP contribution in [0.15, 0.2) is 22.8 Å². The minimum absolute atomic E-state index is 0.118. The Labute approximate surface area is 213 Å². The highest BCUT2D eigenvalue weighted by Crippen LogP contribution is 2.73. The van der Waals surface area contributed by atoms with Crippen LogP contribution in [0.1, 0.15) is 73.1 Å². The van der Waals surface area contributed by atoms with Gasteiger partial charge in [0.2, 0.25) is 0 Å². The number of aliphatic hydroxyl groups is 2. The maximum atomic E-state index is 13.7. The van der Waals surface area contributed by atoms with Gasteiger partial charge in [-0.2, -0.15) is 0 Å². The topological polar surface area (TPSA) is 106 Å². The maximum Gasteiger partial charge on any atom is 0.334 e. The fourth-order valence-electron chi connectivity index (χ4n) is 9.44. The van der Waals surface area contributed by atoms with Gasteiger partial charge in [-0.15, -0.1) is 0 Å². The number of carbonyl (C=O) groups is 2. The summed E-state index contributed by atoms with van der Waals surface area (Å²) in [4.78, 5) is 26.1. The van der Waals surface area contributed by atoms with Crippen molar-refractivity contribution in [1.29, 1.82) is 0 Å². The van der Waals surface area contributed by atoms with Gasteiger partial charge in [0, 0.05) is 25.5 Å². The molecule has 7 nitrogen and oxygen atoms in total. The molecular formula is C29H40O7. The van der Waals surface area contributed by atoms with E-state index in [2.05, 4.69) is 13.0 Å². The van der Waals surface area contributed by atoms with E-state index in [1.165, 1.54) is 0 Å². The Morgan fingerprint density at radius 1 is 1.17 bits per heavy atom. The number of epoxide rings is 1. The Kier molecular flexibility index (Phi) is 5.18. The molecule has 0 radical (unpaired) electrons. The van der Waals surface area contributed by atoms with Gasteiger partial charge >= 0.3 is 5.97 Å². The minimum atomic E-state index is -1.27. The lowest BCUT2D eigenvalue weighted by Crippen LogP contribution is -2.68. The van der Waals surface area contributed by atoms with Crippen LogP contribution in [0.4, 0.5) is 0 Å². The third-order valence-corrected chi connectivity index (χ3v) is 11.7. The molecule has 1 unspecified atom stereocenters. The highest BCUT2D eigenvalue weighted by molar-refractivity contribution is 5.90. The zero-order chi connectivity index (χ0) is 26.0. The zero-order valence-electron chi connectivity index (χ0n) is 22.3. The molecule has 6 aliphatic rings. The van der Waals surface area contributed by atoms with Crippen molar-refractivity contribution in [2.24, 2.45) is 28.6 Å². The number of esters is 1. The van der Waals surface area contributed by atoms with E-state index in [1.54, 1.807) is 21.0 Å². The molecule has 36 heavy (non-hydrogen) atoms. The van der Waals surface area contributed by atoms with Crippen molar-refractivity contribution in [3.63, 3.8) is 0 Å². The molecule has 0 amide bonds. The Bertz CT molecular complexity index is 1090. The molecule has 0 aromatic rings. The number of hydrogen-bond acceptors (Lipinski definition) is 7. The smallest absolute Gasteiger partial charge is 0.334 e. The summed E-state index contributed by atoms with van der Waals surface area (Å²) in [5, 5.41) is 23.1. The standard InChI is InChI=1S/C29H40O7/c1-14-11-22(35-25(32)15(14)2)28(5,33)20-8-7-17-16-12-23-29(36-23)24(31)19(34-6)13-21(30)27(29,4)18(16)9-10-26(17,20)3/h8,16-19,22-24,31,33H,7,9-13H2,1-6H3/t16-,17-,18-,19?,22+,23+,24-,26-,27-,28+,29-/m0/s1. The van der Waals surface area contributed by atoms with Crippen molar-refractivity contribution >= 4 is 11.8 Å². The first-order chi connectivity index (χ1) is 16.8. The van der Waals surface area contributed by atoms with Crippen LogP contribution < -0.4 is 0 Å². The minimum Gasteiger partial charge on any atom is -0.455 e. The molecule has 2 aliphatic heterocycles. The van der Waals surface area contributed by atoms with Gasteiger partial charge in [0.1, 0.15) is 29.2 Å². The fourth-order valence-corrected chi connectivity index (χ4v) is 9.44. The van der Waals surface area contributed by atoms with Crippen molar-refractivity contribution in [1.82, 2.24) is 0 Å². The summed E-state index contributed by atoms with van der Waals surface area (Å²) in [7, 11) is 1.55. The first-order valence-electron chi connectivity index (χ1n) is 13.6. The van der Waals surface area contributed by atoms with Crippen LogP contribution in [0.5, 0.6) is 0 Å². The summed E-state index contributed by atoms with van der Waals surface area (Å²) >= 11 is 0. The van der Waals surface area contributed by atoms with Crippen molar-refractivity contribution in [3.8, 4) is 0 Å². The van der Waals surface area contributed by atoms with Crippen LogP contribution in [-0.2, 0) is 23.8 Å². The average molecular weight is 501 g/mol. The van der Waals surface area contributed by atoms with E-state index in [9.17, 15) is 19.8 Å². The lowest BCUT2D eigenvalue weighted by Gasteiger charge is -2.59. The van der Waals surface area contributed by atoms with Gasteiger partial charge < -0.3 is 24.4 Å². The normalized spacial score (nSPS) is 51.3. The maximum absolute atomic E-state index is 13.7.